The Balaban J connectivity index is 2.61. The third-order valence-corrected chi connectivity index (χ3v) is 4.97. The monoisotopic (exact) mass is 317 g/mol. The highest BCUT2D eigenvalue weighted by Gasteiger charge is 2.18. The first kappa shape index (κ1) is 15.2. The van der Waals surface area contributed by atoms with E-state index in [0.717, 1.165) is 12.5 Å². The van der Waals surface area contributed by atoms with Crippen LogP contribution in [0, 0.1) is 5.92 Å². The Morgan fingerprint density at radius 3 is 2.41 bits per heavy atom. The van der Waals surface area contributed by atoms with Crippen LogP contribution in [-0.2, 0) is 6.42 Å². The van der Waals surface area contributed by atoms with Crippen LogP contribution in [0.15, 0.2) is 15.9 Å². The maximum Gasteiger partial charge on any atom is 0.0701 e. The maximum atomic E-state index is 3.72. The predicted octanol–water partition coefficient (Wildman–Crippen LogP) is 4.86. The van der Waals surface area contributed by atoms with Crippen LogP contribution in [0.3, 0.4) is 0 Å². The molecule has 1 rings (SSSR count). The molecular formula is C14H24BrNS. The second-order valence-electron chi connectivity index (χ2n) is 4.55. The first-order valence-electron chi connectivity index (χ1n) is 6.68. The molecule has 0 bridgehead atoms. The lowest BCUT2D eigenvalue weighted by atomic mass is 9.91. The zero-order chi connectivity index (χ0) is 12.7. The summed E-state index contributed by atoms with van der Waals surface area (Å²) in [7, 11) is 0. The second kappa shape index (κ2) is 8.28. The summed E-state index contributed by atoms with van der Waals surface area (Å²) < 4.78 is 1.24. The maximum absolute atomic E-state index is 3.72. The van der Waals surface area contributed by atoms with E-state index in [1.165, 1.54) is 34.3 Å². The quantitative estimate of drug-likeness (QED) is 0.722. The van der Waals surface area contributed by atoms with Gasteiger partial charge in [0.25, 0.3) is 0 Å². The van der Waals surface area contributed by atoms with Gasteiger partial charge in [0.15, 0.2) is 0 Å². The lowest BCUT2D eigenvalue weighted by Gasteiger charge is -2.26. The summed E-state index contributed by atoms with van der Waals surface area (Å²) in [5, 5.41) is 3.72. The summed E-state index contributed by atoms with van der Waals surface area (Å²) in [6, 6.07) is 5.04. The Labute approximate surface area is 118 Å². The molecule has 98 valence electrons. The van der Waals surface area contributed by atoms with Crippen LogP contribution in [0.25, 0.3) is 0 Å². The van der Waals surface area contributed by atoms with Crippen LogP contribution < -0.4 is 5.32 Å². The van der Waals surface area contributed by atoms with E-state index in [1.54, 1.807) is 0 Å². The number of thiophene rings is 1. The van der Waals surface area contributed by atoms with E-state index in [9.17, 15) is 0 Å². The highest BCUT2D eigenvalue weighted by molar-refractivity contribution is 9.11. The standard InChI is InChI=1S/C14H24BrNS/c1-4-9-16-13(11(5-2)6-3)10-12-7-8-14(15)17-12/h7-8,11,13,16H,4-6,9-10H2,1-3H3. The number of halogens is 1. The molecule has 3 heteroatoms. The van der Waals surface area contributed by atoms with E-state index in [0.29, 0.717) is 6.04 Å². The van der Waals surface area contributed by atoms with Crippen molar-refractivity contribution < 1.29 is 0 Å². The summed E-state index contributed by atoms with van der Waals surface area (Å²) in [5.41, 5.74) is 0. The van der Waals surface area contributed by atoms with Crippen molar-refractivity contribution in [2.45, 2.75) is 52.5 Å². The lowest BCUT2D eigenvalue weighted by Crippen LogP contribution is -2.38. The van der Waals surface area contributed by atoms with Crippen LogP contribution >= 0.6 is 27.3 Å². The summed E-state index contributed by atoms with van der Waals surface area (Å²) in [6.45, 7) is 7.98. The van der Waals surface area contributed by atoms with Gasteiger partial charge < -0.3 is 5.32 Å². The molecule has 1 aromatic rings. The Kier molecular flexibility index (Phi) is 7.40. The van der Waals surface area contributed by atoms with Gasteiger partial charge in [-0.3, -0.25) is 0 Å². The van der Waals surface area contributed by atoms with Crippen molar-refractivity contribution in [1.29, 1.82) is 0 Å². The Morgan fingerprint density at radius 2 is 1.94 bits per heavy atom. The van der Waals surface area contributed by atoms with Gasteiger partial charge in [-0.15, -0.1) is 11.3 Å². The smallest absolute Gasteiger partial charge is 0.0701 e. The van der Waals surface area contributed by atoms with E-state index in [-0.39, 0.29) is 0 Å². The van der Waals surface area contributed by atoms with E-state index in [1.807, 2.05) is 11.3 Å². The van der Waals surface area contributed by atoms with Crippen molar-refractivity contribution in [3.63, 3.8) is 0 Å². The Morgan fingerprint density at radius 1 is 1.24 bits per heavy atom. The molecule has 0 aliphatic heterocycles. The third kappa shape index (κ3) is 5.11. The zero-order valence-corrected chi connectivity index (χ0v) is 13.5. The number of rotatable bonds is 8. The number of hydrogen-bond donors (Lipinski definition) is 1. The fraction of sp³-hybridized carbons (Fsp3) is 0.714. The van der Waals surface area contributed by atoms with Gasteiger partial charge in [0, 0.05) is 10.9 Å². The molecule has 1 nitrogen and oxygen atoms in total. The van der Waals surface area contributed by atoms with Crippen molar-refractivity contribution in [3.8, 4) is 0 Å². The van der Waals surface area contributed by atoms with Gasteiger partial charge in [-0.25, -0.2) is 0 Å². The predicted molar refractivity (Wildman–Crippen MR) is 81.9 cm³/mol. The first-order valence-corrected chi connectivity index (χ1v) is 8.29. The summed E-state index contributed by atoms with van der Waals surface area (Å²) in [5.74, 6) is 0.794. The van der Waals surface area contributed by atoms with Gasteiger partial charge in [0.05, 0.1) is 3.79 Å². The highest BCUT2D eigenvalue weighted by atomic mass is 79.9. The number of hydrogen-bond acceptors (Lipinski definition) is 2. The summed E-state index contributed by atoms with van der Waals surface area (Å²) in [4.78, 5) is 1.48. The topological polar surface area (TPSA) is 12.0 Å². The van der Waals surface area contributed by atoms with Crippen LogP contribution in [0.4, 0.5) is 0 Å². The Hall–Kier alpha value is 0.140. The minimum Gasteiger partial charge on any atom is -0.313 e. The molecule has 0 amide bonds. The van der Waals surface area contributed by atoms with E-state index in [4.69, 9.17) is 0 Å². The molecule has 0 saturated carbocycles. The Bertz CT molecular complexity index is 307. The second-order valence-corrected chi connectivity index (χ2v) is 7.09. The van der Waals surface area contributed by atoms with E-state index in [2.05, 4.69) is 54.2 Å². The molecule has 1 atom stereocenters. The van der Waals surface area contributed by atoms with Gasteiger partial charge in [-0.05, 0) is 53.4 Å². The van der Waals surface area contributed by atoms with Crippen LogP contribution in [-0.4, -0.2) is 12.6 Å². The first-order chi connectivity index (χ1) is 8.21. The molecule has 0 fully saturated rings. The molecule has 0 aliphatic rings. The largest absolute Gasteiger partial charge is 0.313 e. The fourth-order valence-corrected chi connectivity index (χ4v) is 3.81. The molecule has 0 aromatic carbocycles. The van der Waals surface area contributed by atoms with Gasteiger partial charge in [-0.2, -0.15) is 0 Å². The average Bonchev–Trinajstić information content (AvgIpc) is 2.73. The van der Waals surface area contributed by atoms with Gasteiger partial charge in [0.1, 0.15) is 0 Å². The minimum absolute atomic E-state index is 0.635. The molecular weight excluding hydrogens is 294 g/mol. The minimum atomic E-state index is 0.635. The van der Waals surface area contributed by atoms with Crippen LogP contribution in [0.5, 0.6) is 0 Å². The molecule has 1 aromatic heterocycles. The normalized spacial score (nSPS) is 13.2. The van der Waals surface area contributed by atoms with Crippen LogP contribution in [0.2, 0.25) is 0 Å². The molecule has 0 radical (unpaired) electrons. The zero-order valence-electron chi connectivity index (χ0n) is 11.1. The van der Waals surface area contributed by atoms with Crippen molar-refractivity contribution in [3.05, 3.63) is 20.8 Å². The van der Waals surface area contributed by atoms with E-state index < -0.39 is 0 Å². The molecule has 0 saturated heterocycles. The molecule has 17 heavy (non-hydrogen) atoms. The molecule has 0 aliphatic carbocycles. The average molecular weight is 318 g/mol. The highest BCUT2D eigenvalue weighted by Crippen LogP contribution is 2.25. The lowest BCUT2D eigenvalue weighted by molar-refractivity contribution is 0.333. The summed E-state index contributed by atoms with van der Waals surface area (Å²) in [6.07, 6.45) is 4.92. The van der Waals surface area contributed by atoms with Crippen molar-refractivity contribution in [2.75, 3.05) is 6.54 Å². The van der Waals surface area contributed by atoms with Crippen molar-refractivity contribution in [1.82, 2.24) is 5.32 Å². The SMILES string of the molecule is CCCNC(Cc1ccc(Br)s1)C(CC)CC. The van der Waals surface area contributed by atoms with E-state index >= 15 is 0 Å². The van der Waals surface area contributed by atoms with Crippen molar-refractivity contribution >= 4 is 27.3 Å². The fourth-order valence-electron chi connectivity index (χ4n) is 2.27. The van der Waals surface area contributed by atoms with Crippen LogP contribution in [0.1, 0.15) is 44.9 Å². The molecule has 1 unspecified atom stereocenters. The molecule has 1 N–H and O–H groups in total. The molecule has 1 heterocycles. The summed E-state index contributed by atoms with van der Waals surface area (Å²) >= 11 is 5.41. The van der Waals surface area contributed by atoms with Gasteiger partial charge in [0.2, 0.25) is 0 Å². The molecule has 0 spiro atoms. The number of nitrogens with one attached hydrogen (secondary N) is 1. The van der Waals surface area contributed by atoms with Crippen molar-refractivity contribution in [2.24, 2.45) is 5.92 Å². The third-order valence-electron chi connectivity index (χ3n) is 3.32. The van der Waals surface area contributed by atoms with Gasteiger partial charge in [-0.1, -0.05) is 33.6 Å². The van der Waals surface area contributed by atoms with Gasteiger partial charge >= 0.3 is 0 Å².